The lowest BCUT2D eigenvalue weighted by Gasteiger charge is -2.10. The maximum absolute atomic E-state index is 3.50. The van der Waals surface area contributed by atoms with E-state index in [0.29, 0.717) is 0 Å². The smallest absolute Gasteiger partial charge is 0.0205 e. The van der Waals surface area contributed by atoms with Crippen molar-refractivity contribution in [1.29, 1.82) is 0 Å². The molecular weight excluding hydrogens is 220 g/mol. The predicted molar refractivity (Wildman–Crippen MR) is 78.8 cm³/mol. The molecule has 18 heavy (non-hydrogen) atoms. The number of nitrogens with zero attached hydrogens (tertiary/aromatic N) is 1. The Bertz CT molecular complexity index is 491. The molecule has 0 saturated carbocycles. The maximum atomic E-state index is 3.50. The highest BCUT2D eigenvalue weighted by Gasteiger charge is 1.96. The summed E-state index contributed by atoms with van der Waals surface area (Å²) in [6.07, 6.45) is 1.20. The third-order valence-electron chi connectivity index (χ3n) is 3.10. The Morgan fingerprint density at radius 1 is 1.00 bits per heavy atom. The van der Waals surface area contributed by atoms with Gasteiger partial charge in [-0.2, -0.15) is 0 Å². The van der Waals surface area contributed by atoms with Gasteiger partial charge < -0.3 is 10.2 Å². The van der Waals surface area contributed by atoms with Crippen molar-refractivity contribution in [2.24, 2.45) is 0 Å². The van der Waals surface area contributed by atoms with Gasteiger partial charge in [-0.3, -0.25) is 0 Å². The lowest BCUT2D eigenvalue weighted by atomic mass is 10.1. The van der Waals surface area contributed by atoms with E-state index in [1.807, 2.05) is 0 Å². The topological polar surface area (TPSA) is 15.3 Å². The fourth-order valence-electron chi connectivity index (χ4n) is 2.10. The fraction of sp³-hybridized carbons (Fsp3) is 0.375. The molecule has 2 aromatic rings. The molecule has 0 fully saturated rings. The molecule has 2 nitrogen and oxygen atoms in total. The molecule has 0 bridgehead atoms. The monoisotopic (exact) mass is 242 g/mol. The van der Waals surface area contributed by atoms with Crippen molar-refractivity contribution in [2.75, 3.05) is 27.2 Å². The molecule has 0 radical (unpaired) electrons. The molecule has 0 spiro atoms. The summed E-state index contributed by atoms with van der Waals surface area (Å²) < 4.78 is 0. The van der Waals surface area contributed by atoms with Crippen molar-refractivity contribution in [3.05, 3.63) is 48.0 Å². The van der Waals surface area contributed by atoms with Gasteiger partial charge in [0.25, 0.3) is 0 Å². The van der Waals surface area contributed by atoms with Gasteiger partial charge in [-0.1, -0.05) is 36.4 Å². The Kier molecular flexibility index (Phi) is 4.73. The normalized spacial score (nSPS) is 11.3. The minimum absolute atomic E-state index is 0.957. The van der Waals surface area contributed by atoms with Gasteiger partial charge in [0.05, 0.1) is 0 Å². The minimum Gasteiger partial charge on any atom is -0.313 e. The van der Waals surface area contributed by atoms with Crippen LogP contribution in [0.15, 0.2) is 42.5 Å². The van der Waals surface area contributed by atoms with Crippen LogP contribution in [-0.4, -0.2) is 32.1 Å². The highest BCUT2D eigenvalue weighted by atomic mass is 15.0. The number of hydrogen-bond donors (Lipinski definition) is 1. The zero-order valence-electron chi connectivity index (χ0n) is 11.3. The molecule has 0 unspecified atom stereocenters. The molecule has 0 aromatic heterocycles. The maximum Gasteiger partial charge on any atom is 0.0205 e. The van der Waals surface area contributed by atoms with E-state index in [-0.39, 0.29) is 0 Å². The van der Waals surface area contributed by atoms with Gasteiger partial charge in [0.15, 0.2) is 0 Å². The van der Waals surface area contributed by atoms with Crippen LogP contribution >= 0.6 is 0 Å². The fourth-order valence-corrected chi connectivity index (χ4v) is 2.10. The van der Waals surface area contributed by atoms with Crippen LogP contribution in [0.3, 0.4) is 0 Å². The van der Waals surface area contributed by atoms with E-state index in [1.54, 1.807) is 0 Å². The molecule has 2 rings (SSSR count). The molecule has 0 aliphatic rings. The van der Waals surface area contributed by atoms with E-state index >= 15 is 0 Å². The molecule has 96 valence electrons. The van der Waals surface area contributed by atoms with Crippen molar-refractivity contribution in [3.8, 4) is 0 Å². The molecule has 0 saturated heterocycles. The number of nitrogens with one attached hydrogen (secondary N) is 1. The van der Waals surface area contributed by atoms with Gasteiger partial charge >= 0.3 is 0 Å². The average molecular weight is 242 g/mol. The van der Waals surface area contributed by atoms with E-state index in [9.17, 15) is 0 Å². The summed E-state index contributed by atoms with van der Waals surface area (Å²) in [7, 11) is 4.23. The summed E-state index contributed by atoms with van der Waals surface area (Å²) in [4.78, 5) is 2.22. The van der Waals surface area contributed by atoms with E-state index < -0.39 is 0 Å². The van der Waals surface area contributed by atoms with Gasteiger partial charge in [-0.15, -0.1) is 0 Å². The second-order valence-electron chi connectivity index (χ2n) is 5.02. The summed E-state index contributed by atoms with van der Waals surface area (Å²) in [6, 6.07) is 15.2. The van der Waals surface area contributed by atoms with Crippen LogP contribution < -0.4 is 5.32 Å². The van der Waals surface area contributed by atoms with Crippen LogP contribution in [0.1, 0.15) is 12.0 Å². The summed E-state index contributed by atoms with van der Waals surface area (Å²) in [5.41, 5.74) is 1.36. The molecule has 1 N–H and O–H groups in total. The Hall–Kier alpha value is -1.38. The lowest BCUT2D eigenvalue weighted by Crippen LogP contribution is -2.20. The van der Waals surface area contributed by atoms with Gasteiger partial charge in [0.2, 0.25) is 0 Å². The summed E-state index contributed by atoms with van der Waals surface area (Å²) in [6.45, 7) is 3.17. The Morgan fingerprint density at radius 3 is 2.56 bits per heavy atom. The van der Waals surface area contributed by atoms with Gasteiger partial charge in [0, 0.05) is 6.54 Å². The van der Waals surface area contributed by atoms with Gasteiger partial charge in [0.1, 0.15) is 0 Å². The standard InChI is InChI=1S/C16H22N2/c1-18(2)11-5-10-17-13-14-8-9-15-6-3-4-7-16(15)12-14/h3-4,6-9,12,17H,5,10-11,13H2,1-2H3. The molecule has 0 heterocycles. The number of hydrogen-bond acceptors (Lipinski definition) is 2. The van der Waals surface area contributed by atoms with Gasteiger partial charge in [-0.05, 0) is 56.0 Å². The second-order valence-corrected chi connectivity index (χ2v) is 5.02. The van der Waals surface area contributed by atoms with E-state index in [0.717, 1.165) is 19.6 Å². The third-order valence-corrected chi connectivity index (χ3v) is 3.10. The second kappa shape index (κ2) is 6.53. The minimum atomic E-state index is 0.957. The quantitative estimate of drug-likeness (QED) is 0.784. The number of benzene rings is 2. The first-order valence-corrected chi connectivity index (χ1v) is 6.59. The van der Waals surface area contributed by atoms with Gasteiger partial charge in [-0.25, -0.2) is 0 Å². The number of fused-ring (bicyclic) bond motifs is 1. The van der Waals surface area contributed by atoms with Crippen molar-refractivity contribution >= 4 is 10.8 Å². The van der Waals surface area contributed by atoms with Crippen LogP contribution in [-0.2, 0) is 6.54 Å². The molecule has 2 heteroatoms. The van der Waals surface area contributed by atoms with Crippen LogP contribution in [0.2, 0.25) is 0 Å². The molecular formula is C16H22N2. The zero-order chi connectivity index (χ0) is 12.8. The first kappa shape index (κ1) is 13.1. The molecule has 2 aromatic carbocycles. The first-order chi connectivity index (χ1) is 8.75. The predicted octanol–water partition coefficient (Wildman–Crippen LogP) is 2.88. The Morgan fingerprint density at radius 2 is 1.78 bits per heavy atom. The van der Waals surface area contributed by atoms with E-state index in [2.05, 4.69) is 66.8 Å². The van der Waals surface area contributed by atoms with Crippen LogP contribution in [0.5, 0.6) is 0 Å². The Balaban J connectivity index is 1.84. The largest absolute Gasteiger partial charge is 0.313 e. The zero-order valence-corrected chi connectivity index (χ0v) is 11.3. The summed E-state index contributed by atoms with van der Waals surface area (Å²) in [5.74, 6) is 0. The first-order valence-electron chi connectivity index (χ1n) is 6.59. The van der Waals surface area contributed by atoms with Crippen molar-refractivity contribution in [1.82, 2.24) is 10.2 Å². The summed E-state index contributed by atoms with van der Waals surface area (Å²) in [5, 5.41) is 6.13. The van der Waals surface area contributed by atoms with Crippen LogP contribution in [0.25, 0.3) is 10.8 Å². The highest BCUT2D eigenvalue weighted by Crippen LogP contribution is 2.15. The third kappa shape index (κ3) is 3.83. The molecule has 0 amide bonds. The molecule has 0 atom stereocenters. The highest BCUT2D eigenvalue weighted by molar-refractivity contribution is 5.82. The van der Waals surface area contributed by atoms with Crippen LogP contribution in [0.4, 0.5) is 0 Å². The van der Waals surface area contributed by atoms with Crippen molar-refractivity contribution in [2.45, 2.75) is 13.0 Å². The van der Waals surface area contributed by atoms with Crippen LogP contribution in [0, 0.1) is 0 Å². The Labute approximate surface area is 110 Å². The van der Waals surface area contributed by atoms with Crippen molar-refractivity contribution < 1.29 is 0 Å². The van der Waals surface area contributed by atoms with E-state index in [4.69, 9.17) is 0 Å². The lowest BCUT2D eigenvalue weighted by molar-refractivity contribution is 0.394. The average Bonchev–Trinajstić information content (AvgIpc) is 2.38. The van der Waals surface area contributed by atoms with Crippen molar-refractivity contribution in [3.63, 3.8) is 0 Å². The molecule has 0 aliphatic heterocycles. The van der Waals surface area contributed by atoms with E-state index in [1.165, 1.54) is 22.8 Å². The molecule has 0 aliphatic carbocycles. The SMILES string of the molecule is CN(C)CCCNCc1ccc2ccccc2c1. The summed E-state index contributed by atoms with van der Waals surface area (Å²) >= 11 is 0. The number of rotatable bonds is 6.